The van der Waals surface area contributed by atoms with E-state index in [0.717, 1.165) is 30.4 Å². The number of guanidine groups is 1. The summed E-state index contributed by atoms with van der Waals surface area (Å²) in [6.07, 6.45) is 5.83. The minimum atomic E-state index is 0. The van der Waals surface area contributed by atoms with Crippen molar-refractivity contribution in [2.24, 2.45) is 4.99 Å². The Kier molecular flexibility index (Phi) is 7.71. The van der Waals surface area contributed by atoms with Gasteiger partial charge in [0.15, 0.2) is 11.7 Å². The number of aryl methyl sites for hydroxylation is 1. The van der Waals surface area contributed by atoms with E-state index in [1.165, 1.54) is 5.56 Å². The van der Waals surface area contributed by atoms with Crippen molar-refractivity contribution in [1.82, 2.24) is 20.2 Å². The Morgan fingerprint density at radius 1 is 1.15 bits per heavy atom. The average molecular weight is 465 g/mol. The highest BCUT2D eigenvalue weighted by Gasteiger charge is 2.07. The fourth-order valence-electron chi connectivity index (χ4n) is 2.45. The van der Waals surface area contributed by atoms with E-state index in [9.17, 15) is 0 Å². The summed E-state index contributed by atoms with van der Waals surface area (Å²) in [7, 11) is 1.75. The van der Waals surface area contributed by atoms with Crippen LogP contribution < -0.4 is 10.6 Å². The fourth-order valence-corrected chi connectivity index (χ4v) is 2.45. The molecule has 0 radical (unpaired) electrons. The summed E-state index contributed by atoms with van der Waals surface area (Å²) in [5.41, 5.74) is 2.25. The van der Waals surface area contributed by atoms with Crippen LogP contribution in [0.25, 0.3) is 11.3 Å². The van der Waals surface area contributed by atoms with Crippen LogP contribution >= 0.6 is 24.0 Å². The van der Waals surface area contributed by atoms with Gasteiger partial charge in [-0.15, -0.1) is 24.0 Å². The van der Waals surface area contributed by atoms with Gasteiger partial charge in [0.25, 0.3) is 0 Å². The molecule has 2 N–H and O–H groups in total. The summed E-state index contributed by atoms with van der Waals surface area (Å²) in [5.74, 6) is 2.12. The van der Waals surface area contributed by atoms with Crippen LogP contribution in [0.15, 0.2) is 64.4 Å². The predicted octanol–water partition coefficient (Wildman–Crippen LogP) is 3.43. The Bertz CT molecular complexity index is 809. The molecule has 2 aromatic heterocycles. The molecule has 0 unspecified atom stereocenters. The molecule has 6 nitrogen and oxygen atoms in total. The summed E-state index contributed by atoms with van der Waals surface area (Å²) in [6.45, 7) is 4.21. The first-order chi connectivity index (χ1) is 12.2. The number of benzene rings is 1. The van der Waals surface area contributed by atoms with Crippen molar-refractivity contribution in [2.45, 2.75) is 20.0 Å². The zero-order valence-corrected chi connectivity index (χ0v) is 17.3. The zero-order valence-electron chi connectivity index (χ0n) is 15.0. The first-order valence-electron chi connectivity index (χ1n) is 8.31. The van der Waals surface area contributed by atoms with E-state index < -0.39 is 0 Å². The van der Waals surface area contributed by atoms with Gasteiger partial charge in [-0.1, -0.05) is 29.8 Å². The van der Waals surface area contributed by atoms with E-state index in [4.69, 9.17) is 4.42 Å². The monoisotopic (exact) mass is 465 g/mol. The van der Waals surface area contributed by atoms with Gasteiger partial charge in [0, 0.05) is 38.1 Å². The summed E-state index contributed by atoms with van der Waals surface area (Å²) in [6, 6.07) is 12.2. The van der Waals surface area contributed by atoms with E-state index in [2.05, 4.69) is 44.2 Å². The zero-order chi connectivity index (χ0) is 17.5. The lowest BCUT2D eigenvalue weighted by atomic mass is 10.1. The van der Waals surface area contributed by atoms with Crippen LogP contribution in [0, 0.1) is 6.92 Å². The van der Waals surface area contributed by atoms with E-state index in [0.29, 0.717) is 12.4 Å². The van der Waals surface area contributed by atoms with Gasteiger partial charge in [-0.3, -0.25) is 4.99 Å². The summed E-state index contributed by atoms with van der Waals surface area (Å²) >= 11 is 0. The maximum absolute atomic E-state index is 5.81. The molecule has 1 aromatic carbocycles. The predicted molar refractivity (Wildman–Crippen MR) is 115 cm³/mol. The number of oxazole rings is 1. The maximum atomic E-state index is 5.81. The van der Waals surface area contributed by atoms with Crippen molar-refractivity contribution in [3.63, 3.8) is 0 Å². The van der Waals surface area contributed by atoms with Gasteiger partial charge < -0.3 is 19.6 Å². The quantitative estimate of drug-likeness (QED) is 0.333. The molecule has 0 saturated heterocycles. The number of hydrogen-bond acceptors (Lipinski definition) is 3. The SMILES string of the molecule is CN=C(NCCn1cccc1)NCc1ncc(-c2ccc(C)cc2)o1.I. The van der Waals surface area contributed by atoms with Gasteiger partial charge in [0.2, 0.25) is 5.89 Å². The van der Waals surface area contributed by atoms with Crippen LogP contribution in [0.1, 0.15) is 11.5 Å². The maximum Gasteiger partial charge on any atom is 0.214 e. The summed E-state index contributed by atoms with van der Waals surface area (Å²) in [5, 5.41) is 6.48. The van der Waals surface area contributed by atoms with E-state index in [1.54, 1.807) is 13.2 Å². The number of aliphatic imine (C=N–C) groups is 1. The van der Waals surface area contributed by atoms with Crippen LogP contribution in [0.4, 0.5) is 0 Å². The smallest absolute Gasteiger partial charge is 0.214 e. The third kappa shape index (κ3) is 5.62. The molecule has 0 fully saturated rings. The molecule has 0 aliphatic rings. The lowest BCUT2D eigenvalue weighted by molar-refractivity contribution is 0.497. The van der Waals surface area contributed by atoms with Gasteiger partial charge in [-0.05, 0) is 19.1 Å². The third-order valence-electron chi connectivity index (χ3n) is 3.85. The Hall–Kier alpha value is -2.29. The minimum absolute atomic E-state index is 0. The molecule has 3 aromatic rings. The lowest BCUT2D eigenvalue weighted by Gasteiger charge is -2.11. The Morgan fingerprint density at radius 2 is 1.88 bits per heavy atom. The van der Waals surface area contributed by atoms with Gasteiger partial charge >= 0.3 is 0 Å². The molecule has 2 heterocycles. The molecule has 0 saturated carbocycles. The van der Waals surface area contributed by atoms with Crippen molar-refractivity contribution in [2.75, 3.05) is 13.6 Å². The highest BCUT2D eigenvalue weighted by molar-refractivity contribution is 14.0. The Morgan fingerprint density at radius 3 is 2.58 bits per heavy atom. The molecule has 3 rings (SSSR count). The van der Waals surface area contributed by atoms with Crippen LogP contribution in [0.2, 0.25) is 0 Å². The molecule has 0 bridgehead atoms. The third-order valence-corrected chi connectivity index (χ3v) is 3.85. The standard InChI is InChI=1S/C19H23N5O.HI/c1-15-5-7-16(8-6-15)17-13-22-18(25-17)14-23-19(20-2)21-9-12-24-10-3-4-11-24;/h3-8,10-11,13H,9,12,14H2,1-2H3,(H2,20,21,23);1H. The first-order valence-corrected chi connectivity index (χ1v) is 8.31. The molecule has 0 aliphatic heterocycles. The number of aromatic nitrogens is 2. The number of nitrogens with one attached hydrogen (secondary N) is 2. The van der Waals surface area contributed by atoms with Crippen molar-refractivity contribution in [3.05, 3.63) is 66.4 Å². The second-order valence-electron chi connectivity index (χ2n) is 5.76. The highest BCUT2D eigenvalue weighted by atomic mass is 127. The average Bonchev–Trinajstić information content (AvgIpc) is 3.30. The first kappa shape index (κ1) is 20.0. The molecule has 0 spiro atoms. The molecule has 26 heavy (non-hydrogen) atoms. The number of halogens is 1. The second kappa shape index (κ2) is 10.0. The second-order valence-corrected chi connectivity index (χ2v) is 5.76. The number of hydrogen-bond donors (Lipinski definition) is 2. The molecular formula is C19H24IN5O. The van der Waals surface area contributed by atoms with Crippen LogP contribution in [-0.4, -0.2) is 29.1 Å². The highest BCUT2D eigenvalue weighted by Crippen LogP contribution is 2.20. The molecule has 0 aliphatic carbocycles. The lowest BCUT2D eigenvalue weighted by Crippen LogP contribution is -2.38. The Labute approximate surface area is 170 Å². The largest absolute Gasteiger partial charge is 0.439 e. The van der Waals surface area contributed by atoms with Crippen molar-refractivity contribution < 1.29 is 4.42 Å². The van der Waals surface area contributed by atoms with Gasteiger partial charge in [-0.25, -0.2) is 4.98 Å². The van der Waals surface area contributed by atoms with Crippen LogP contribution in [0.5, 0.6) is 0 Å². The van der Waals surface area contributed by atoms with E-state index in [1.807, 2.05) is 36.7 Å². The number of nitrogens with zero attached hydrogens (tertiary/aromatic N) is 3. The number of rotatable bonds is 6. The molecule has 0 amide bonds. The summed E-state index contributed by atoms with van der Waals surface area (Å²) < 4.78 is 7.92. The molecule has 7 heteroatoms. The fraction of sp³-hybridized carbons (Fsp3) is 0.263. The molecule has 0 atom stereocenters. The van der Waals surface area contributed by atoms with Crippen LogP contribution in [0.3, 0.4) is 0 Å². The van der Waals surface area contributed by atoms with Gasteiger partial charge in [0.1, 0.15) is 0 Å². The molecule has 138 valence electrons. The van der Waals surface area contributed by atoms with E-state index >= 15 is 0 Å². The minimum Gasteiger partial charge on any atom is -0.439 e. The normalized spacial score (nSPS) is 11.1. The van der Waals surface area contributed by atoms with Crippen molar-refractivity contribution in [3.8, 4) is 11.3 Å². The molecular weight excluding hydrogens is 441 g/mol. The van der Waals surface area contributed by atoms with Gasteiger partial charge in [-0.2, -0.15) is 0 Å². The Balaban J connectivity index is 0.00000243. The van der Waals surface area contributed by atoms with Crippen LogP contribution in [-0.2, 0) is 13.1 Å². The van der Waals surface area contributed by atoms with Crippen molar-refractivity contribution >= 4 is 29.9 Å². The van der Waals surface area contributed by atoms with E-state index in [-0.39, 0.29) is 24.0 Å². The van der Waals surface area contributed by atoms with Crippen molar-refractivity contribution in [1.29, 1.82) is 0 Å². The van der Waals surface area contributed by atoms with Gasteiger partial charge in [0.05, 0.1) is 12.7 Å². The summed E-state index contributed by atoms with van der Waals surface area (Å²) in [4.78, 5) is 8.54. The topological polar surface area (TPSA) is 67.4 Å².